The number of hydrogen-bond acceptors (Lipinski definition) is 4. The summed E-state index contributed by atoms with van der Waals surface area (Å²) < 4.78 is 11.8. The van der Waals surface area contributed by atoms with Crippen LogP contribution in [-0.4, -0.2) is 28.1 Å². The van der Waals surface area contributed by atoms with Crippen LogP contribution < -0.4 is 10.8 Å². The molecular formula is C12H18BO4P. The van der Waals surface area contributed by atoms with Gasteiger partial charge in [-0.25, -0.2) is 0 Å². The first-order valence-corrected chi connectivity index (χ1v) is 7.11. The molecule has 2 N–H and O–H groups in total. The Morgan fingerprint density at radius 3 is 1.78 bits per heavy atom. The van der Waals surface area contributed by atoms with E-state index in [0.29, 0.717) is 5.30 Å². The van der Waals surface area contributed by atoms with E-state index in [1.54, 1.807) is 24.3 Å². The summed E-state index contributed by atoms with van der Waals surface area (Å²) in [5, 5.41) is 0.519. The van der Waals surface area contributed by atoms with Crippen LogP contribution in [0.5, 0.6) is 0 Å². The third-order valence-corrected chi connectivity index (χ3v) is 4.41. The minimum Gasteiger partial charge on any atom is -0.399 e. The van der Waals surface area contributed by atoms with Crippen LogP contribution in [0.25, 0.3) is 0 Å². The summed E-state index contributed by atoms with van der Waals surface area (Å²) >= 11 is 0. The monoisotopic (exact) mass is 268 g/mol. The first-order valence-electron chi connectivity index (χ1n) is 5.86. The average molecular weight is 268 g/mol. The lowest BCUT2D eigenvalue weighted by atomic mass is 9.79. The molecule has 0 atom stereocenters. The highest BCUT2D eigenvalue weighted by Crippen LogP contribution is 2.36. The summed E-state index contributed by atoms with van der Waals surface area (Å²) in [6, 6.07) is 6.98. The lowest BCUT2D eigenvalue weighted by Crippen LogP contribution is -2.41. The molecule has 0 radical (unpaired) electrons. The van der Waals surface area contributed by atoms with E-state index in [9.17, 15) is 0 Å². The van der Waals surface area contributed by atoms with Gasteiger partial charge in [-0.15, -0.1) is 0 Å². The normalized spacial score (nSPS) is 21.6. The molecule has 0 unspecified atom stereocenters. The second kappa shape index (κ2) is 4.59. The van der Waals surface area contributed by atoms with Crippen molar-refractivity contribution in [3.63, 3.8) is 0 Å². The van der Waals surface area contributed by atoms with E-state index >= 15 is 0 Å². The second-order valence-electron chi connectivity index (χ2n) is 5.47. The van der Waals surface area contributed by atoms with E-state index in [1.165, 1.54) is 0 Å². The predicted molar refractivity (Wildman–Crippen MR) is 73.1 cm³/mol. The Hall–Kier alpha value is -0.445. The molecule has 0 amide bonds. The fraction of sp³-hybridized carbons (Fsp3) is 0.500. The summed E-state index contributed by atoms with van der Waals surface area (Å²) in [4.78, 5) is 18.2. The molecule has 1 saturated heterocycles. The molecule has 18 heavy (non-hydrogen) atoms. The van der Waals surface area contributed by atoms with Crippen LogP contribution >= 0.6 is 8.38 Å². The average Bonchev–Trinajstić information content (AvgIpc) is 2.48. The van der Waals surface area contributed by atoms with Gasteiger partial charge in [-0.1, -0.05) is 24.3 Å². The van der Waals surface area contributed by atoms with E-state index in [4.69, 9.17) is 19.1 Å². The van der Waals surface area contributed by atoms with Crippen molar-refractivity contribution >= 4 is 26.3 Å². The fourth-order valence-corrected chi connectivity index (χ4v) is 2.16. The van der Waals surface area contributed by atoms with Gasteiger partial charge in [0.05, 0.1) is 11.2 Å². The Morgan fingerprint density at radius 1 is 0.944 bits per heavy atom. The largest absolute Gasteiger partial charge is 0.494 e. The minimum absolute atomic E-state index is 0.364. The molecule has 1 heterocycles. The van der Waals surface area contributed by atoms with E-state index in [0.717, 1.165) is 5.46 Å². The van der Waals surface area contributed by atoms with Gasteiger partial charge < -0.3 is 19.1 Å². The number of hydrogen-bond donors (Lipinski definition) is 2. The van der Waals surface area contributed by atoms with Crippen molar-refractivity contribution in [1.29, 1.82) is 0 Å². The van der Waals surface area contributed by atoms with Gasteiger partial charge in [-0.2, -0.15) is 0 Å². The summed E-state index contributed by atoms with van der Waals surface area (Å²) in [6.45, 7) is 8.01. The smallest absolute Gasteiger partial charge is 0.399 e. The van der Waals surface area contributed by atoms with Gasteiger partial charge in [0, 0.05) is 5.30 Å². The zero-order valence-electron chi connectivity index (χ0n) is 11.0. The number of benzene rings is 1. The van der Waals surface area contributed by atoms with E-state index in [2.05, 4.69) is 0 Å². The SMILES string of the molecule is CC1(C)OB(c2ccc(P(O)O)cc2)OC1(C)C. The molecule has 0 bridgehead atoms. The van der Waals surface area contributed by atoms with Crippen molar-refractivity contribution in [3.05, 3.63) is 24.3 Å². The molecule has 0 saturated carbocycles. The summed E-state index contributed by atoms with van der Waals surface area (Å²) in [6.07, 6.45) is 0. The highest BCUT2D eigenvalue weighted by Gasteiger charge is 2.51. The topological polar surface area (TPSA) is 58.9 Å². The standard InChI is InChI=1S/C12H18BO4P/c1-11(2)12(3,4)17-13(16-11)9-5-7-10(8-6-9)18(14)15/h5-8,14-15H,1-4H3. The summed E-state index contributed by atoms with van der Waals surface area (Å²) in [5.74, 6) is 0. The predicted octanol–water partition coefficient (Wildman–Crippen LogP) is 0.908. The van der Waals surface area contributed by atoms with Crippen LogP contribution in [0, 0.1) is 0 Å². The van der Waals surface area contributed by atoms with E-state index in [-0.39, 0.29) is 11.2 Å². The van der Waals surface area contributed by atoms with E-state index < -0.39 is 15.5 Å². The van der Waals surface area contributed by atoms with Crippen LogP contribution in [0.4, 0.5) is 0 Å². The molecule has 1 aromatic rings. The van der Waals surface area contributed by atoms with Crippen LogP contribution in [0.1, 0.15) is 27.7 Å². The van der Waals surface area contributed by atoms with Crippen LogP contribution in [0.15, 0.2) is 24.3 Å². The van der Waals surface area contributed by atoms with Crippen LogP contribution in [0.2, 0.25) is 0 Å². The van der Waals surface area contributed by atoms with E-state index in [1.807, 2.05) is 27.7 Å². The van der Waals surface area contributed by atoms with Crippen LogP contribution in [-0.2, 0) is 9.31 Å². The maximum absolute atomic E-state index is 9.10. The van der Waals surface area contributed by atoms with Crippen LogP contribution in [0.3, 0.4) is 0 Å². The Balaban J connectivity index is 2.19. The lowest BCUT2D eigenvalue weighted by Gasteiger charge is -2.32. The van der Waals surface area contributed by atoms with Crippen molar-refractivity contribution in [2.24, 2.45) is 0 Å². The first-order chi connectivity index (χ1) is 8.23. The zero-order chi connectivity index (χ0) is 13.6. The molecule has 98 valence electrons. The molecule has 1 aliphatic heterocycles. The molecule has 6 heteroatoms. The highest BCUT2D eigenvalue weighted by molar-refractivity contribution is 7.54. The third kappa shape index (κ3) is 2.47. The Bertz CT molecular complexity index is 414. The molecule has 0 aliphatic carbocycles. The Labute approximate surface area is 109 Å². The molecule has 0 aromatic heterocycles. The molecule has 1 aliphatic rings. The molecular weight excluding hydrogens is 250 g/mol. The van der Waals surface area contributed by atoms with Crippen molar-refractivity contribution in [3.8, 4) is 0 Å². The fourth-order valence-electron chi connectivity index (χ4n) is 1.74. The minimum atomic E-state index is -2.04. The van der Waals surface area contributed by atoms with Gasteiger partial charge >= 0.3 is 7.12 Å². The van der Waals surface area contributed by atoms with Gasteiger partial charge in [0.15, 0.2) is 8.38 Å². The molecule has 0 spiro atoms. The number of rotatable bonds is 2. The Kier molecular flexibility index (Phi) is 3.56. The Morgan fingerprint density at radius 2 is 1.39 bits per heavy atom. The van der Waals surface area contributed by atoms with Gasteiger partial charge in [-0.3, -0.25) is 0 Å². The van der Waals surface area contributed by atoms with Crippen molar-refractivity contribution in [2.75, 3.05) is 0 Å². The maximum Gasteiger partial charge on any atom is 0.494 e. The maximum atomic E-state index is 9.10. The second-order valence-corrected chi connectivity index (χ2v) is 6.56. The van der Waals surface area contributed by atoms with Gasteiger partial charge in [-0.05, 0) is 33.2 Å². The first kappa shape index (κ1) is 14.0. The van der Waals surface area contributed by atoms with Crippen molar-refractivity contribution in [2.45, 2.75) is 38.9 Å². The highest BCUT2D eigenvalue weighted by atomic mass is 31.2. The van der Waals surface area contributed by atoms with Gasteiger partial charge in [0.1, 0.15) is 0 Å². The molecule has 2 rings (SSSR count). The van der Waals surface area contributed by atoms with Crippen molar-refractivity contribution in [1.82, 2.24) is 0 Å². The summed E-state index contributed by atoms with van der Waals surface area (Å²) in [7, 11) is -2.45. The van der Waals surface area contributed by atoms with Gasteiger partial charge in [0.2, 0.25) is 0 Å². The third-order valence-electron chi connectivity index (χ3n) is 3.65. The van der Waals surface area contributed by atoms with Gasteiger partial charge in [0.25, 0.3) is 0 Å². The van der Waals surface area contributed by atoms with Crippen molar-refractivity contribution < 1.29 is 19.1 Å². The molecule has 1 fully saturated rings. The molecule has 4 nitrogen and oxygen atoms in total. The lowest BCUT2D eigenvalue weighted by molar-refractivity contribution is 0.00578. The quantitative estimate of drug-likeness (QED) is 0.618. The summed E-state index contributed by atoms with van der Waals surface area (Å²) in [5.41, 5.74) is 0.155. The molecule has 1 aromatic carbocycles. The zero-order valence-corrected chi connectivity index (χ0v) is 11.9.